The van der Waals surface area contributed by atoms with E-state index in [0.717, 1.165) is 30.6 Å². The van der Waals surface area contributed by atoms with E-state index in [9.17, 15) is 9.59 Å². The third kappa shape index (κ3) is 5.21. The topological polar surface area (TPSA) is 58.6 Å². The second kappa shape index (κ2) is 8.90. The van der Waals surface area contributed by atoms with Crippen molar-refractivity contribution in [2.24, 2.45) is 5.92 Å². The van der Waals surface area contributed by atoms with Gasteiger partial charge in [0.1, 0.15) is 5.75 Å². The number of hydrogen-bond acceptors (Lipinski definition) is 3. The SMILES string of the molecule is CC(C)C(=O)N1CCCc2ccc(NC(=O)COc3ccc(C(C)(C)C)cc3)cc21. The number of carbonyl (C=O) groups excluding carboxylic acids is 2. The van der Waals surface area contributed by atoms with Gasteiger partial charge in [-0.1, -0.05) is 52.8 Å². The lowest BCUT2D eigenvalue weighted by Crippen LogP contribution is -2.38. The van der Waals surface area contributed by atoms with Crippen LogP contribution in [-0.4, -0.2) is 25.0 Å². The molecule has 1 heterocycles. The minimum Gasteiger partial charge on any atom is -0.484 e. The molecule has 1 aliphatic heterocycles. The Morgan fingerprint density at radius 2 is 1.80 bits per heavy atom. The van der Waals surface area contributed by atoms with E-state index in [1.807, 2.05) is 61.2 Å². The molecule has 0 unspecified atom stereocenters. The summed E-state index contributed by atoms with van der Waals surface area (Å²) in [5, 5.41) is 2.88. The maximum Gasteiger partial charge on any atom is 0.262 e. The zero-order valence-electron chi connectivity index (χ0n) is 18.6. The van der Waals surface area contributed by atoms with E-state index in [1.165, 1.54) is 5.56 Å². The molecule has 30 heavy (non-hydrogen) atoms. The number of anilines is 2. The van der Waals surface area contributed by atoms with Gasteiger partial charge in [0, 0.05) is 23.8 Å². The summed E-state index contributed by atoms with van der Waals surface area (Å²) >= 11 is 0. The highest BCUT2D eigenvalue weighted by molar-refractivity contribution is 5.98. The van der Waals surface area contributed by atoms with Gasteiger partial charge in [0.2, 0.25) is 5.91 Å². The summed E-state index contributed by atoms with van der Waals surface area (Å²) in [7, 11) is 0. The van der Waals surface area contributed by atoms with Gasteiger partial charge in [-0.05, 0) is 53.6 Å². The number of benzene rings is 2. The van der Waals surface area contributed by atoms with Crippen LogP contribution in [0.3, 0.4) is 0 Å². The molecule has 2 aromatic rings. The molecule has 0 bridgehead atoms. The largest absolute Gasteiger partial charge is 0.484 e. The Labute approximate surface area is 179 Å². The summed E-state index contributed by atoms with van der Waals surface area (Å²) in [5.74, 6) is 0.485. The molecule has 0 radical (unpaired) electrons. The highest BCUT2D eigenvalue weighted by Crippen LogP contribution is 2.31. The summed E-state index contributed by atoms with van der Waals surface area (Å²) in [6, 6.07) is 13.6. The van der Waals surface area contributed by atoms with Crippen molar-refractivity contribution in [1.29, 1.82) is 0 Å². The average Bonchev–Trinajstić information content (AvgIpc) is 2.71. The minimum absolute atomic E-state index is 0.0627. The minimum atomic E-state index is -0.229. The molecule has 2 aromatic carbocycles. The summed E-state index contributed by atoms with van der Waals surface area (Å²) < 4.78 is 5.63. The number of nitrogens with zero attached hydrogens (tertiary/aromatic N) is 1. The Morgan fingerprint density at radius 1 is 1.10 bits per heavy atom. The Morgan fingerprint density at radius 3 is 2.43 bits per heavy atom. The van der Waals surface area contributed by atoms with Crippen LogP contribution in [0.15, 0.2) is 42.5 Å². The van der Waals surface area contributed by atoms with Crippen molar-refractivity contribution in [3.05, 3.63) is 53.6 Å². The second-order valence-electron chi connectivity index (χ2n) is 9.20. The van der Waals surface area contributed by atoms with Gasteiger partial charge < -0.3 is 15.0 Å². The van der Waals surface area contributed by atoms with E-state index in [-0.39, 0.29) is 29.8 Å². The van der Waals surface area contributed by atoms with Crippen molar-refractivity contribution >= 4 is 23.2 Å². The smallest absolute Gasteiger partial charge is 0.262 e. The first-order valence-corrected chi connectivity index (χ1v) is 10.6. The first-order valence-electron chi connectivity index (χ1n) is 10.6. The van der Waals surface area contributed by atoms with Gasteiger partial charge in [-0.2, -0.15) is 0 Å². The molecule has 0 aliphatic carbocycles. The average molecular weight is 409 g/mol. The molecule has 5 heteroatoms. The van der Waals surface area contributed by atoms with Gasteiger partial charge >= 0.3 is 0 Å². The van der Waals surface area contributed by atoms with Crippen molar-refractivity contribution in [3.63, 3.8) is 0 Å². The Bertz CT molecular complexity index is 911. The van der Waals surface area contributed by atoms with Crippen LogP contribution in [0.1, 0.15) is 52.2 Å². The van der Waals surface area contributed by atoms with Crippen molar-refractivity contribution in [3.8, 4) is 5.75 Å². The number of hydrogen-bond donors (Lipinski definition) is 1. The number of aryl methyl sites for hydroxylation is 1. The van der Waals surface area contributed by atoms with Crippen molar-refractivity contribution in [2.75, 3.05) is 23.4 Å². The van der Waals surface area contributed by atoms with E-state index in [2.05, 4.69) is 26.1 Å². The molecule has 0 fully saturated rings. The lowest BCUT2D eigenvalue weighted by atomic mass is 9.87. The zero-order chi connectivity index (χ0) is 21.9. The fraction of sp³-hybridized carbons (Fsp3) is 0.440. The third-order valence-corrected chi connectivity index (χ3v) is 5.34. The lowest BCUT2D eigenvalue weighted by molar-refractivity contribution is -0.121. The molecule has 2 amide bonds. The first kappa shape index (κ1) is 21.9. The summed E-state index contributed by atoms with van der Waals surface area (Å²) in [6.07, 6.45) is 1.90. The Kier molecular flexibility index (Phi) is 6.49. The van der Waals surface area contributed by atoms with Crippen LogP contribution in [0.5, 0.6) is 5.75 Å². The predicted octanol–water partition coefficient (Wildman–Crippen LogP) is 4.94. The molecule has 160 valence electrons. The quantitative estimate of drug-likeness (QED) is 0.763. The van der Waals surface area contributed by atoms with Crippen molar-refractivity contribution in [1.82, 2.24) is 0 Å². The van der Waals surface area contributed by atoms with Crippen LogP contribution in [0, 0.1) is 5.92 Å². The molecule has 3 rings (SSSR count). The van der Waals surface area contributed by atoms with E-state index in [0.29, 0.717) is 11.4 Å². The van der Waals surface area contributed by atoms with Crippen LogP contribution >= 0.6 is 0 Å². The molecular weight excluding hydrogens is 376 g/mol. The fourth-order valence-electron chi connectivity index (χ4n) is 3.59. The molecule has 1 N–H and O–H groups in total. The number of nitrogens with one attached hydrogen (secondary N) is 1. The molecular formula is C25H32N2O3. The highest BCUT2D eigenvalue weighted by Gasteiger charge is 2.24. The maximum atomic E-state index is 12.6. The van der Waals surface area contributed by atoms with Crippen LogP contribution in [0.25, 0.3) is 0 Å². The molecule has 0 saturated heterocycles. The van der Waals surface area contributed by atoms with Gasteiger partial charge in [-0.3, -0.25) is 9.59 Å². The summed E-state index contributed by atoms with van der Waals surface area (Å²) in [6.45, 7) is 10.9. The number of carbonyl (C=O) groups is 2. The Balaban J connectivity index is 1.63. The van der Waals surface area contributed by atoms with E-state index >= 15 is 0 Å². The highest BCUT2D eigenvalue weighted by atomic mass is 16.5. The van der Waals surface area contributed by atoms with Crippen LogP contribution in [0.4, 0.5) is 11.4 Å². The first-order chi connectivity index (χ1) is 14.1. The van der Waals surface area contributed by atoms with Gasteiger partial charge in [-0.25, -0.2) is 0 Å². The molecule has 0 spiro atoms. The maximum absolute atomic E-state index is 12.6. The zero-order valence-corrected chi connectivity index (χ0v) is 18.6. The van der Waals surface area contributed by atoms with E-state index in [1.54, 1.807) is 0 Å². The van der Waals surface area contributed by atoms with E-state index < -0.39 is 0 Å². The summed E-state index contributed by atoms with van der Waals surface area (Å²) in [4.78, 5) is 26.8. The van der Waals surface area contributed by atoms with Gasteiger partial charge in [-0.15, -0.1) is 0 Å². The normalized spacial score (nSPS) is 13.7. The van der Waals surface area contributed by atoms with E-state index in [4.69, 9.17) is 4.74 Å². The number of fused-ring (bicyclic) bond motifs is 1. The molecule has 0 atom stereocenters. The standard InChI is InChI=1S/C25H32N2O3/c1-17(2)24(29)27-14-6-7-18-8-11-20(15-22(18)27)26-23(28)16-30-21-12-9-19(10-13-21)25(3,4)5/h8-13,15,17H,6-7,14,16H2,1-5H3,(H,26,28). The van der Waals surface area contributed by atoms with Gasteiger partial charge in [0.25, 0.3) is 5.91 Å². The molecule has 0 aromatic heterocycles. The van der Waals surface area contributed by atoms with Gasteiger partial charge in [0.05, 0.1) is 0 Å². The number of rotatable bonds is 5. The van der Waals surface area contributed by atoms with Crippen LogP contribution in [0.2, 0.25) is 0 Å². The second-order valence-corrected chi connectivity index (χ2v) is 9.20. The monoisotopic (exact) mass is 408 g/mol. The van der Waals surface area contributed by atoms with Crippen molar-refractivity contribution < 1.29 is 14.3 Å². The van der Waals surface area contributed by atoms with Crippen LogP contribution in [-0.2, 0) is 21.4 Å². The van der Waals surface area contributed by atoms with Crippen LogP contribution < -0.4 is 15.0 Å². The summed E-state index contributed by atoms with van der Waals surface area (Å²) in [5.41, 5.74) is 4.01. The number of amides is 2. The number of ether oxygens (including phenoxy) is 1. The predicted molar refractivity (Wildman–Crippen MR) is 121 cm³/mol. The molecule has 5 nitrogen and oxygen atoms in total. The molecule has 1 aliphatic rings. The fourth-order valence-corrected chi connectivity index (χ4v) is 3.59. The third-order valence-electron chi connectivity index (χ3n) is 5.34. The lowest BCUT2D eigenvalue weighted by Gasteiger charge is -2.31. The molecule has 0 saturated carbocycles. The van der Waals surface area contributed by atoms with Gasteiger partial charge in [0.15, 0.2) is 6.61 Å². The van der Waals surface area contributed by atoms with Crippen molar-refractivity contribution in [2.45, 2.75) is 52.9 Å². The Hall–Kier alpha value is -2.82.